The average molecular weight is 573 g/mol. The lowest BCUT2D eigenvalue weighted by molar-refractivity contribution is -0.00345. The number of carbonyl (C=O) groups is 2. The maximum Gasteiger partial charge on any atom is 0.409 e. The Morgan fingerprint density at radius 1 is 0.756 bits per heavy atom. The van der Waals surface area contributed by atoms with Crippen LogP contribution < -0.4 is 5.32 Å². The first-order valence-electron chi connectivity index (χ1n) is 14.1. The van der Waals surface area contributed by atoms with Crippen molar-refractivity contribution in [3.05, 3.63) is 59.7 Å². The number of fused-ring (bicyclic) bond motifs is 3. The van der Waals surface area contributed by atoms with Gasteiger partial charge in [-0.1, -0.05) is 48.5 Å². The molecule has 0 saturated carbocycles. The normalized spacial score (nSPS) is 12.5. The summed E-state index contributed by atoms with van der Waals surface area (Å²) in [5.74, 6) is 0.0396. The van der Waals surface area contributed by atoms with E-state index in [0.29, 0.717) is 72.6 Å². The third kappa shape index (κ3) is 11.3. The van der Waals surface area contributed by atoms with Gasteiger partial charge in [0.2, 0.25) is 0 Å². The van der Waals surface area contributed by atoms with Gasteiger partial charge < -0.3 is 38.6 Å². The molecule has 2 aromatic rings. The van der Waals surface area contributed by atoms with Gasteiger partial charge in [0.15, 0.2) is 0 Å². The molecule has 0 spiro atoms. The van der Waals surface area contributed by atoms with E-state index in [1.54, 1.807) is 7.05 Å². The van der Waals surface area contributed by atoms with E-state index >= 15 is 0 Å². The molecule has 0 fully saturated rings. The van der Waals surface area contributed by atoms with Gasteiger partial charge in [-0.25, -0.2) is 9.59 Å². The molecule has 0 saturated heterocycles. The Kier molecular flexibility index (Phi) is 13.4. The molecule has 10 heteroatoms. The van der Waals surface area contributed by atoms with Crippen molar-refractivity contribution in [2.45, 2.75) is 32.3 Å². The van der Waals surface area contributed by atoms with Crippen LogP contribution in [0.4, 0.5) is 9.59 Å². The minimum Gasteiger partial charge on any atom is -0.448 e. The number of ether oxygens (including phenoxy) is 6. The fourth-order valence-electron chi connectivity index (χ4n) is 4.30. The van der Waals surface area contributed by atoms with Gasteiger partial charge in [-0.2, -0.15) is 0 Å². The highest BCUT2D eigenvalue weighted by Gasteiger charge is 2.29. The number of alkyl carbamates (subject to hydrolysis) is 1. The summed E-state index contributed by atoms with van der Waals surface area (Å²) in [7, 11) is 1.71. The molecule has 1 aliphatic carbocycles. The zero-order valence-electron chi connectivity index (χ0n) is 24.7. The zero-order chi connectivity index (χ0) is 29.5. The van der Waals surface area contributed by atoms with E-state index in [9.17, 15) is 9.59 Å². The van der Waals surface area contributed by atoms with Crippen LogP contribution in [0.2, 0.25) is 0 Å². The molecule has 0 atom stereocenters. The van der Waals surface area contributed by atoms with Gasteiger partial charge in [0, 0.05) is 26.1 Å². The summed E-state index contributed by atoms with van der Waals surface area (Å²) in [6.07, 6.45) is -0.826. The summed E-state index contributed by atoms with van der Waals surface area (Å²) in [5, 5.41) is 2.63. The predicted octanol–water partition coefficient (Wildman–Crippen LogP) is 4.46. The number of rotatable bonds is 17. The first kappa shape index (κ1) is 32.3. The van der Waals surface area contributed by atoms with E-state index in [0.717, 1.165) is 0 Å². The SMILES string of the molecule is CN(CCOCCOCCOCCOCCNC(=O)OC(C)(C)C)C(=O)OCC1c2ccccc2-c2ccccc21. The van der Waals surface area contributed by atoms with Gasteiger partial charge in [0.1, 0.15) is 12.2 Å². The van der Waals surface area contributed by atoms with E-state index in [-0.39, 0.29) is 12.0 Å². The molecule has 3 rings (SSSR count). The van der Waals surface area contributed by atoms with Gasteiger partial charge in [-0.3, -0.25) is 0 Å². The molecule has 0 bridgehead atoms. The summed E-state index contributed by atoms with van der Waals surface area (Å²) < 4.78 is 32.7. The third-order valence-electron chi connectivity index (χ3n) is 6.25. The number of nitrogens with one attached hydrogen (secondary N) is 1. The Morgan fingerprint density at radius 3 is 1.78 bits per heavy atom. The maximum atomic E-state index is 12.5. The Balaban J connectivity index is 1.14. The van der Waals surface area contributed by atoms with E-state index < -0.39 is 11.7 Å². The molecular weight excluding hydrogens is 528 g/mol. The number of hydrogen-bond acceptors (Lipinski definition) is 8. The van der Waals surface area contributed by atoms with Crippen LogP contribution in [0.5, 0.6) is 0 Å². The van der Waals surface area contributed by atoms with Crippen LogP contribution in [0, 0.1) is 0 Å². The summed E-state index contributed by atoms with van der Waals surface area (Å²) in [4.78, 5) is 25.6. The Morgan fingerprint density at radius 2 is 1.24 bits per heavy atom. The number of hydrogen-bond donors (Lipinski definition) is 1. The highest BCUT2D eigenvalue weighted by molar-refractivity contribution is 5.79. The van der Waals surface area contributed by atoms with E-state index in [2.05, 4.69) is 29.6 Å². The largest absolute Gasteiger partial charge is 0.448 e. The van der Waals surface area contributed by atoms with Crippen molar-refractivity contribution < 1.29 is 38.0 Å². The van der Waals surface area contributed by atoms with Crippen molar-refractivity contribution in [3.8, 4) is 11.1 Å². The molecule has 0 unspecified atom stereocenters. The lowest BCUT2D eigenvalue weighted by Gasteiger charge is -2.19. The van der Waals surface area contributed by atoms with Crippen molar-refractivity contribution in [2.75, 3.05) is 79.6 Å². The Labute approximate surface area is 243 Å². The van der Waals surface area contributed by atoms with Crippen LogP contribution in [0.15, 0.2) is 48.5 Å². The van der Waals surface area contributed by atoms with Crippen LogP contribution in [0.25, 0.3) is 11.1 Å². The number of likely N-dealkylation sites (N-methyl/N-ethyl adjacent to an activating group) is 1. The van der Waals surface area contributed by atoms with Crippen LogP contribution in [0.1, 0.15) is 37.8 Å². The Hall–Kier alpha value is -3.18. The van der Waals surface area contributed by atoms with Crippen molar-refractivity contribution in [1.82, 2.24) is 10.2 Å². The van der Waals surface area contributed by atoms with Crippen LogP contribution in [0.3, 0.4) is 0 Å². The second kappa shape index (κ2) is 16.9. The van der Waals surface area contributed by atoms with E-state index in [1.165, 1.54) is 27.2 Å². The Bertz CT molecular complexity index is 1040. The molecule has 0 radical (unpaired) electrons. The van der Waals surface area contributed by atoms with Gasteiger partial charge in [0.05, 0.1) is 52.9 Å². The summed E-state index contributed by atoms with van der Waals surface area (Å²) in [6, 6.07) is 16.5. The highest BCUT2D eigenvalue weighted by Crippen LogP contribution is 2.44. The molecule has 41 heavy (non-hydrogen) atoms. The topological polar surface area (TPSA) is 105 Å². The van der Waals surface area contributed by atoms with Gasteiger partial charge >= 0.3 is 12.2 Å². The van der Waals surface area contributed by atoms with Crippen LogP contribution in [-0.4, -0.2) is 102 Å². The first-order valence-corrected chi connectivity index (χ1v) is 14.1. The molecule has 0 aliphatic heterocycles. The van der Waals surface area contributed by atoms with Gasteiger partial charge in [0.25, 0.3) is 0 Å². The molecular formula is C31H44N2O8. The fraction of sp³-hybridized carbons (Fsp3) is 0.548. The van der Waals surface area contributed by atoms with E-state index in [1.807, 2.05) is 45.0 Å². The molecule has 0 aromatic heterocycles. The van der Waals surface area contributed by atoms with Crippen LogP contribution in [-0.2, 0) is 28.4 Å². The van der Waals surface area contributed by atoms with E-state index in [4.69, 9.17) is 28.4 Å². The summed E-state index contributed by atoms with van der Waals surface area (Å²) in [5.41, 5.74) is 4.27. The molecule has 1 N–H and O–H groups in total. The number of benzene rings is 2. The lowest BCUT2D eigenvalue weighted by atomic mass is 9.98. The molecule has 0 heterocycles. The van der Waals surface area contributed by atoms with Crippen molar-refractivity contribution in [3.63, 3.8) is 0 Å². The van der Waals surface area contributed by atoms with Gasteiger partial charge in [-0.15, -0.1) is 0 Å². The first-order chi connectivity index (χ1) is 19.8. The van der Waals surface area contributed by atoms with Crippen molar-refractivity contribution in [1.29, 1.82) is 0 Å². The highest BCUT2D eigenvalue weighted by atomic mass is 16.6. The summed E-state index contributed by atoms with van der Waals surface area (Å²) in [6.45, 7) is 9.93. The quantitative estimate of drug-likeness (QED) is 0.277. The molecule has 10 nitrogen and oxygen atoms in total. The van der Waals surface area contributed by atoms with Gasteiger partial charge in [-0.05, 0) is 43.0 Å². The summed E-state index contributed by atoms with van der Waals surface area (Å²) >= 11 is 0. The predicted molar refractivity (Wildman–Crippen MR) is 155 cm³/mol. The third-order valence-corrected chi connectivity index (χ3v) is 6.25. The fourth-order valence-corrected chi connectivity index (χ4v) is 4.30. The number of nitrogens with zero attached hydrogens (tertiary/aromatic N) is 1. The smallest absolute Gasteiger partial charge is 0.409 e. The number of amides is 2. The molecule has 2 aromatic carbocycles. The van der Waals surface area contributed by atoms with Crippen molar-refractivity contribution in [2.24, 2.45) is 0 Å². The monoisotopic (exact) mass is 572 g/mol. The zero-order valence-corrected chi connectivity index (χ0v) is 24.7. The average Bonchev–Trinajstić information content (AvgIpc) is 3.26. The second-order valence-corrected chi connectivity index (χ2v) is 10.6. The molecule has 1 aliphatic rings. The standard InChI is InChI=1S/C31H44N2O8/c1-31(2,3)41-29(34)32-13-15-36-17-19-38-21-22-39-20-18-37-16-14-33(4)30(35)40-23-28-26-11-7-5-9-24(26)25-10-6-8-12-27(25)28/h5-12,28H,13-23H2,1-4H3,(H,32,34). The maximum absolute atomic E-state index is 12.5. The van der Waals surface area contributed by atoms with Crippen LogP contribution >= 0.6 is 0 Å². The van der Waals surface area contributed by atoms with Crippen molar-refractivity contribution >= 4 is 12.2 Å². The second-order valence-electron chi connectivity index (χ2n) is 10.6. The number of carbonyl (C=O) groups excluding carboxylic acids is 2. The molecule has 2 amide bonds. The molecule has 226 valence electrons. The lowest BCUT2D eigenvalue weighted by Crippen LogP contribution is -2.34. The minimum absolute atomic E-state index is 0.0396. The minimum atomic E-state index is -0.517.